The summed E-state index contributed by atoms with van der Waals surface area (Å²) in [6.45, 7) is 12.4. The molecule has 1 saturated heterocycles. The number of hydrogen-bond acceptors (Lipinski definition) is 8. The zero-order valence-corrected chi connectivity index (χ0v) is 26.2. The van der Waals surface area contributed by atoms with Crippen molar-refractivity contribution >= 4 is 69.5 Å². The van der Waals surface area contributed by atoms with Crippen LogP contribution in [0, 0.1) is 0 Å². The first-order chi connectivity index (χ1) is 20.7. The average Bonchev–Trinajstić information content (AvgIpc) is 3.03. The fourth-order valence-corrected chi connectivity index (χ4v) is 5.31. The van der Waals surface area contributed by atoms with Crippen molar-refractivity contribution in [3.8, 4) is 5.75 Å². The normalized spacial score (nSPS) is 13.3. The molecule has 0 aliphatic carbocycles. The molecule has 43 heavy (non-hydrogen) atoms. The zero-order chi connectivity index (χ0) is 31.1. The minimum atomic E-state index is -0.518. The number of methoxy groups -OCH3 is 1. The molecule has 0 radical (unpaired) electrons. The molecule has 1 aliphatic rings. The smallest absolute Gasteiger partial charge is 0.327 e. The zero-order valence-electron chi connectivity index (χ0n) is 24.7. The molecule has 11 nitrogen and oxygen atoms in total. The third kappa shape index (κ3) is 7.48. The van der Waals surface area contributed by atoms with Gasteiger partial charge in [-0.2, -0.15) is 0 Å². The van der Waals surface area contributed by atoms with Gasteiger partial charge in [-0.1, -0.05) is 43.6 Å². The fraction of sp³-hybridized carbons (Fsp3) is 0.333. The third-order valence-corrected chi connectivity index (χ3v) is 8.08. The van der Waals surface area contributed by atoms with Crippen molar-refractivity contribution in [2.75, 3.05) is 72.6 Å². The Labute approximate surface area is 261 Å². The molecule has 1 aliphatic heterocycles. The summed E-state index contributed by atoms with van der Waals surface area (Å²) in [6.07, 6.45) is 3.18. The van der Waals surface area contributed by atoms with Gasteiger partial charge in [-0.3, -0.25) is 9.69 Å². The number of anilines is 6. The molecule has 0 spiro atoms. The van der Waals surface area contributed by atoms with Crippen LogP contribution in [0.1, 0.15) is 19.4 Å². The summed E-state index contributed by atoms with van der Waals surface area (Å²) < 4.78 is 5.35. The third-order valence-electron chi connectivity index (χ3n) is 7.27. The van der Waals surface area contributed by atoms with Crippen LogP contribution in [0.15, 0.2) is 49.3 Å². The Kier molecular flexibility index (Phi) is 10.7. The number of benzene rings is 2. The van der Waals surface area contributed by atoms with Gasteiger partial charge in [-0.15, -0.1) is 0 Å². The number of likely N-dealkylation sites (N-methyl/N-ethyl adjacent to an activating group) is 1. The second-order valence-corrected chi connectivity index (χ2v) is 10.6. The van der Waals surface area contributed by atoms with Gasteiger partial charge >= 0.3 is 6.03 Å². The molecular formula is C30H36Cl2N8O3. The van der Waals surface area contributed by atoms with E-state index in [-0.39, 0.29) is 16.6 Å². The monoisotopic (exact) mass is 626 g/mol. The lowest BCUT2D eigenvalue weighted by Gasteiger charge is -2.35. The molecule has 1 fully saturated rings. The van der Waals surface area contributed by atoms with Crippen molar-refractivity contribution in [3.63, 3.8) is 0 Å². The number of hydrogen-bond donors (Lipinski definition) is 3. The molecule has 228 valence electrons. The van der Waals surface area contributed by atoms with E-state index in [4.69, 9.17) is 27.9 Å². The van der Waals surface area contributed by atoms with Crippen LogP contribution in [0.2, 0.25) is 10.0 Å². The number of halogens is 2. The van der Waals surface area contributed by atoms with Gasteiger partial charge in [-0.05, 0) is 48.9 Å². The Bertz CT molecular complexity index is 1470. The Morgan fingerprint density at radius 2 is 1.79 bits per heavy atom. The lowest BCUT2D eigenvalue weighted by atomic mass is 10.1. The predicted octanol–water partition coefficient (Wildman–Crippen LogP) is 6.03. The quantitative estimate of drug-likeness (QED) is 0.234. The molecule has 2 aromatic carbocycles. The van der Waals surface area contributed by atoms with Crippen molar-refractivity contribution < 1.29 is 14.3 Å². The van der Waals surface area contributed by atoms with Crippen LogP contribution >= 0.6 is 23.2 Å². The first-order valence-corrected chi connectivity index (χ1v) is 14.7. The van der Waals surface area contributed by atoms with Crippen LogP contribution in [0.25, 0.3) is 0 Å². The molecule has 4 rings (SSSR count). The topological polar surface area (TPSA) is 115 Å². The summed E-state index contributed by atoms with van der Waals surface area (Å²) in [4.78, 5) is 40.1. The Hall–Kier alpha value is -4.06. The molecule has 3 amide bonds. The Balaban J connectivity index is 1.55. The van der Waals surface area contributed by atoms with Gasteiger partial charge < -0.3 is 30.5 Å². The SMILES string of the molecule is C=CC(=O)Nc1cc(N2CCN(CC)CC2)ccc1Nc1cc(N(C)C(=O)Nc2c(Cl)c(CC)cc(OC)c2Cl)ncn1. The van der Waals surface area contributed by atoms with Crippen molar-refractivity contribution in [1.29, 1.82) is 0 Å². The van der Waals surface area contributed by atoms with E-state index in [9.17, 15) is 9.59 Å². The van der Waals surface area contributed by atoms with Crippen LogP contribution in [-0.4, -0.2) is 73.7 Å². The number of piperazine rings is 1. The van der Waals surface area contributed by atoms with Gasteiger partial charge in [0.1, 0.15) is 28.7 Å². The molecule has 0 bridgehead atoms. The van der Waals surface area contributed by atoms with Gasteiger partial charge in [0.15, 0.2) is 0 Å². The summed E-state index contributed by atoms with van der Waals surface area (Å²) in [7, 11) is 3.06. The molecule has 3 N–H and O–H groups in total. The maximum Gasteiger partial charge on any atom is 0.327 e. The van der Waals surface area contributed by atoms with E-state index in [0.717, 1.165) is 44.0 Å². The van der Waals surface area contributed by atoms with E-state index in [0.29, 0.717) is 40.2 Å². The van der Waals surface area contributed by atoms with Gasteiger partial charge in [-0.25, -0.2) is 14.8 Å². The van der Waals surface area contributed by atoms with Crippen LogP contribution in [0.3, 0.4) is 0 Å². The molecule has 0 unspecified atom stereocenters. The highest BCUT2D eigenvalue weighted by Gasteiger charge is 2.22. The minimum absolute atomic E-state index is 0.196. The van der Waals surface area contributed by atoms with Gasteiger partial charge in [0.25, 0.3) is 0 Å². The van der Waals surface area contributed by atoms with Crippen molar-refractivity contribution in [3.05, 3.63) is 64.9 Å². The number of nitrogens with one attached hydrogen (secondary N) is 3. The first-order valence-electron chi connectivity index (χ1n) is 13.9. The van der Waals surface area contributed by atoms with E-state index >= 15 is 0 Å². The standard InChI is InChI=1S/C30H36Cl2N8O3/c1-6-19-15-23(43-5)28(32)29(27(19)31)37-30(42)38(4)25-17-24(33-18-34-25)35-21-10-9-20(16-22(21)36-26(41)7-2)40-13-11-39(8-3)12-14-40/h7,9-10,15-18H,2,6,8,11-14H2,1,3-5H3,(H,36,41)(H,37,42)(H,33,34,35). The number of ether oxygens (including phenoxy) is 1. The number of aryl methyl sites for hydroxylation is 1. The number of amides is 3. The van der Waals surface area contributed by atoms with Crippen molar-refractivity contribution in [2.24, 2.45) is 0 Å². The van der Waals surface area contributed by atoms with Crippen LogP contribution in [-0.2, 0) is 11.2 Å². The lowest BCUT2D eigenvalue weighted by molar-refractivity contribution is -0.111. The van der Waals surface area contributed by atoms with Crippen molar-refractivity contribution in [2.45, 2.75) is 20.3 Å². The van der Waals surface area contributed by atoms with Crippen LogP contribution in [0.5, 0.6) is 5.75 Å². The second kappa shape index (κ2) is 14.4. The summed E-state index contributed by atoms with van der Waals surface area (Å²) in [5, 5.41) is 9.43. The number of rotatable bonds is 10. The average molecular weight is 628 g/mol. The molecule has 0 saturated carbocycles. The summed E-state index contributed by atoms with van der Waals surface area (Å²) >= 11 is 13.0. The van der Waals surface area contributed by atoms with Crippen LogP contribution in [0.4, 0.5) is 39.2 Å². The minimum Gasteiger partial charge on any atom is -0.495 e. The Morgan fingerprint density at radius 1 is 1.05 bits per heavy atom. The molecule has 1 aromatic heterocycles. The first kappa shape index (κ1) is 31.9. The van der Waals surface area contributed by atoms with Crippen LogP contribution < -0.4 is 30.5 Å². The number of carbonyl (C=O) groups is 2. The molecule has 3 aromatic rings. The van der Waals surface area contributed by atoms with E-state index in [1.807, 2.05) is 25.1 Å². The predicted molar refractivity (Wildman–Crippen MR) is 175 cm³/mol. The van der Waals surface area contributed by atoms with E-state index < -0.39 is 6.03 Å². The molecule has 13 heteroatoms. The largest absolute Gasteiger partial charge is 0.495 e. The highest BCUT2D eigenvalue weighted by molar-refractivity contribution is 6.41. The highest BCUT2D eigenvalue weighted by atomic mass is 35.5. The lowest BCUT2D eigenvalue weighted by Crippen LogP contribution is -2.46. The van der Waals surface area contributed by atoms with Gasteiger partial charge in [0.2, 0.25) is 5.91 Å². The number of urea groups is 1. The summed E-state index contributed by atoms with van der Waals surface area (Å²) in [5.41, 5.74) is 3.22. The summed E-state index contributed by atoms with van der Waals surface area (Å²) in [6, 6.07) is 8.66. The van der Waals surface area contributed by atoms with Gasteiger partial charge in [0, 0.05) is 45.0 Å². The van der Waals surface area contributed by atoms with E-state index in [1.165, 1.54) is 24.4 Å². The van der Waals surface area contributed by atoms with Crippen molar-refractivity contribution in [1.82, 2.24) is 14.9 Å². The Morgan fingerprint density at radius 3 is 2.44 bits per heavy atom. The molecular weight excluding hydrogens is 591 g/mol. The van der Waals surface area contributed by atoms with E-state index in [1.54, 1.807) is 19.2 Å². The maximum atomic E-state index is 13.2. The van der Waals surface area contributed by atoms with E-state index in [2.05, 4.69) is 49.2 Å². The second-order valence-electron chi connectivity index (χ2n) is 9.81. The highest BCUT2D eigenvalue weighted by Crippen LogP contribution is 2.41. The number of carbonyl (C=O) groups excluding carboxylic acids is 2. The number of aromatic nitrogens is 2. The number of nitrogens with zero attached hydrogens (tertiary/aromatic N) is 5. The summed E-state index contributed by atoms with van der Waals surface area (Å²) in [5.74, 6) is 0.789. The fourth-order valence-electron chi connectivity index (χ4n) is 4.66. The maximum absolute atomic E-state index is 13.2. The van der Waals surface area contributed by atoms with Gasteiger partial charge in [0.05, 0.1) is 29.2 Å². The molecule has 2 heterocycles. The molecule has 0 atom stereocenters.